The van der Waals surface area contributed by atoms with Crippen LogP contribution in [0.1, 0.15) is 5.82 Å². The van der Waals surface area contributed by atoms with Crippen molar-refractivity contribution in [2.75, 3.05) is 26.3 Å². The number of hydrogen-bond donors (Lipinski definition) is 1. The van der Waals surface area contributed by atoms with Crippen LogP contribution in [0.2, 0.25) is 0 Å². The van der Waals surface area contributed by atoms with E-state index < -0.39 is 0 Å². The van der Waals surface area contributed by atoms with Gasteiger partial charge in [-0.25, -0.2) is 9.78 Å². The molecule has 1 aromatic heterocycles. The van der Waals surface area contributed by atoms with Crippen LogP contribution in [0.3, 0.4) is 0 Å². The van der Waals surface area contributed by atoms with Gasteiger partial charge in [0, 0.05) is 32.5 Å². The van der Waals surface area contributed by atoms with E-state index in [-0.39, 0.29) is 6.03 Å². The minimum atomic E-state index is -0.0497. The monoisotopic (exact) mass is 224 g/mol. The predicted molar refractivity (Wildman–Crippen MR) is 57.8 cm³/mol. The smallest absolute Gasteiger partial charge is 0.317 e. The molecule has 0 atom stereocenters. The van der Waals surface area contributed by atoms with E-state index in [1.165, 1.54) is 0 Å². The number of urea groups is 1. The molecule has 2 heterocycles. The lowest BCUT2D eigenvalue weighted by molar-refractivity contribution is 0.0531. The van der Waals surface area contributed by atoms with Crippen molar-refractivity contribution in [1.82, 2.24) is 19.8 Å². The molecule has 6 nitrogen and oxygen atoms in total. The number of rotatable bonds is 2. The first-order valence-electron chi connectivity index (χ1n) is 5.34. The Morgan fingerprint density at radius 3 is 2.94 bits per heavy atom. The van der Waals surface area contributed by atoms with E-state index in [1.54, 1.807) is 11.1 Å². The summed E-state index contributed by atoms with van der Waals surface area (Å²) in [4.78, 5) is 17.6. The first-order valence-corrected chi connectivity index (χ1v) is 5.34. The van der Waals surface area contributed by atoms with Crippen LogP contribution in [0.25, 0.3) is 0 Å². The van der Waals surface area contributed by atoms with E-state index in [0.717, 1.165) is 5.82 Å². The highest BCUT2D eigenvalue weighted by Gasteiger charge is 2.16. The zero-order chi connectivity index (χ0) is 11.4. The third-order valence-corrected chi connectivity index (χ3v) is 2.62. The number of aromatic nitrogens is 2. The minimum absolute atomic E-state index is 0.0497. The van der Waals surface area contributed by atoms with Crippen molar-refractivity contribution in [3.63, 3.8) is 0 Å². The van der Waals surface area contributed by atoms with E-state index in [2.05, 4.69) is 10.3 Å². The van der Waals surface area contributed by atoms with Crippen LogP contribution in [0.5, 0.6) is 0 Å². The van der Waals surface area contributed by atoms with Gasteiger partial charge < -0.3 is 19.5 Å². The summed E-state index contributed by atoms with van der Waals surface area (Å²) in [5, 5.41) is 2.84. The van der Waals surface area contributed by atoms with Gasteiger partial charge in [-0.1, -0.05) is 0 Å². The van der Waals surface area contributed by atoms with Gasteiger partial charge in [0.2, 0.25) is 0 Å². The van der Waals surface area contributed by atoms with E-state index in [9.17, 15) is 4.79 Å². The Morgan fingerprint density at radius 1 is 1.56 bits per heavy atom. The Balaban J connectivity index is 1.81. The summed E-state index contributed by atoms with van der Waals surface area (Å²) in [6.07, 6.45) is 3.58. The molecule has 88 valence electrons. The fourth-order valence-corrected chi connectivity index (χ4v) is 1.60. The number of carbonyl (C=O) groups excluding carboxylic acids is 1. The van der Waals surface area contributed by atoms with Gasteiger partial charge in [-0.15, -0.1) is 0 Å². The molecule has 16 heavy (non-hydrogen) atoms. The number of amides is 2. The van der Waals surface area contributed by atoms with Crippen molar-refractivity contribution in [3.05, 3.63) is 18.2 Å². The highest BCUT2D eigenvalue weighted by atomic mass is 16.5. The van der Waals surface area contributed by atoms with E-state index >= 15 is 0 Å². The Hall–Kier alpha value is -1.56. The number of nitrogens with one attached hydrogen (secondary N) is 1. The number of morpholine rings is 1. The van der Waals surface area contributed by atoms with Crippen molar-refractivity contribution in [2.24, 2.45) is 7.05 Å². The van der Waals surface area contributed by atoms with Gasteiger partial charge in [-0.3, -0.25) is 0 Å². The molecule has 0 aromatic carbocycles. The van der Waals surface area contributed by atoms with Crippen LogP contribution in [0.4, 0.5) is 4.79 Å². The van der Waals surface area contributed by atoms with Crippen molar-refractivity contribution in [2.45, 2.75) is 6.54 Å². The number of carbonyl (C=O) groups is 1. The van der Waals surface area contributed by atoms with E-state index in [1.807, 2.05) is 17.8 Å². The largest absolute Gasteiger partial charge is 0.378 e. The zero-order valence-electron chi connectivity index (χ0n) is 9.35. The molecule has 2 rings (SSSR count). The van der Waals surface area contributed by atoms with Crippen LogP contribution in [-0.2, 0) is 18.3 Å². The average molecular weight is 224 g/mol. The molecular weight excluding hydrogens is 208 g/mol. The zero-order valence-corrected chi connectivity index (χ0v) is 9.35. The highest BCUT2D eigenvalue weighted by molar-refractivity contribution is 5.74. The molecule has 0 bridgehead atoms. The van der Waals surface area contributed by atoms with Crippen LogP contribution in [0.15, 0.2) is 12.4 Å². The van der Waals surface area contributed by atoms with Crippen LogP contribution < -0.4 is 5.32 Å². The molecule has 1 N–H and O–H groups in total. The van der Waals surface area contributed by atoms with Gasteiger partial charge in [-0.2, -0.15) is 0 Å². The fraction of sp³-hybridized carbons (Fsp3) is 0.600. The third-order valence-electron chi connectivity index (χ3n) is 2.62. The summed E-state index contributed by atoms with van der Waals surface area (Å²) < 4.78 is 7.07. The molecule has 0 spiro atoms. The maximum Gasteiger partial charge on any atom is 0.317 e. The highest BCUT2D eigenvalue weighted by Crippen LogP contribution is 1.98. The molecule has 1 aliphatic heterocycles. The number of ether oxygens (including phenoxy) is 1. The van der Waals surface area contributed by atoms with Gasteiger partial charge in [-0.05, 0) is 0 Å². The van der Waals surface area contributed by atoms with E-state index in [4.69, 9.17) is 4.74 Å². The SMILES string of the molecule is Cn1ccnc1CNC(=O)N1CCOCC1. The standard InChI is InChI=1S/C10H16N4O2/c1-13-3-2-11-9(13)8-12-10(15)14-4-6-16-7-5-14/h2-3H,4-8H2,1H3,(H,12,15). The molecule has 1 aromatic rings. The summed E-state index contributed by atoms with van der Waals surface area (Å²) >= 11 is 0. The summed E-state index contributed by atoms with van der Waals surface area (Å²) in [6, 6.07) is -0.0497. The first kappa shape index (κ1) is 10.9. The summed E-state index contributed by atoms with van der Waals surface area (Å²) in [5.74, 6) is 0.849. The molecular formula is C10H16N4O2. The van der Waals surface area contributed by atoms with Crippen molar-refractivity contribution in [3.8, 4) is 0 Å². The number of nitrogens with zero attached hydrogens (tertiary/aromatic N) is 3. The molecule has 1 aliphatic rings. The second-order valence-corrected chi connectivity index (χ2v) is 3.71. The average Bonchev–Trinajstić information content (AvgIpc) is 2.73. The Labute approximate surface area is 94.2 Å². The quantitative estimate of drug-likeness (QED) is 0.767. The minimum Gasteiger partial charge on any atom is -0.378 e. The number of aryl methyl sites for hydroxylation is 1. The molecule has 1 saturated heterocycles. The molecule has 2 amide bonds. The van der Waals surface area contributed by atoms with Crippen LogP contribution >= 0.6 is 0 Å². The van der Waals surface area contributed by atoms with Crippen molar-refractivity contribution >= 4 is 6.03 Å². The summed E-state index contributed by atoms with van der Waals surface area (Å²) in [5.41, 5.74) is 0. The lowest BCUT2D eigenvalue weighted by Crippen LogP contribution is -2.46. The van der Waals surface area contributed by atoms with Crippen LogP contribution in [-0.4, -0.2) is 46.8 Å². The second kappa shape index (κ2) is 4.98. The normalized spacial score (nSPS) is 16.2. The predicted octanol–water partition coefficient (Wildman–Crippen LogP) is -0.0381. The summed E-state index contributed by atoms with van der Waals surface area (Å²) in [7, 11) is 1.91. The van der Waals surface area contributed by atoms with E-state index in [0.29, 0.717) is 32.8 Å². The van der Waals surface area contributed by atoms with Crippen molar-refractivity contribution in [1.29, 1.82) is 0 Å². The van der Waals surface area contributed by atoms with Gasteiger partial charge >= 0.3 is 6.03 Å². The Morgan fingerprint density at radius 2 is 2.31 bits per heavy atom. The molecule has 0 radical (unpaired) electrons. The molecule has 1 fully saturated rings. The van der Waals surface area contributed by atoms with Gasteiger partial charge in [0.25, 0.3) is 0 Å². The van der Waals surface area contributed by atoms with Crippen molar-refractivity contribution < 1.29 is 9.53 Å². The molecule has 0 unspecified atom stereocenters. The van der Waals surface area contributed by atoms with Gasteiger partial charge in [0.15, 0.2) is 0 Å². The number of hydrogen-bond acceptors (Lipinski definition) is 3. The van der Waals surface area contributed by atoms with Gasteiger partial charge in [0.05, 0.1) is 19.8 Å². The lowest BCUT2D eigenvalue weighted by Gasteiger charge is -2.26. The second-order valence-electron chi connectivity index (χ2n) is 3.71. The van der Waals surface area contributed by atoms with Crippen LogP contribution in [0, 0.1) is 0 Å². The topological polar surface area (TPSA) is 59.4 Å². The summed E-state index contributed by atoms with van der Waals surface area (Å²) in [6.45, 7) is 3.02. The maximum atomic E-state index is 11.7. The first-order chi connectivity index (χ1) is 7.77. The molecule has 6 heteroatoms. The fourth-order valence-electron chi connectivity index (χ4n) is 1.60. The maximum absolute atomic E-state index is 11.7. The molecule has 0 aliphatic carbocycles. The lowest BCUT2D eigenvalue weighted by atomic mass is 10.4. The number of imidazole rings is 1. The Kier molecular flexibility index (Phi) is 3.40. The Bertz CT molecular complexity index is 357. The van der Waals surface area contributed by atoms with Gasteiger partial charge in [0.1, 0.15) is 5.82 Å². The third kappa shape index (κ3) is 2.52. The molecule has 0 saturated carbocycles.